The fourth-order valence-corrected chi connectivity index (χ4v) is 2.70. The molecule has 1 atom stereocenters. The van der Waals surface area contributed by atoms with Crippen molar-refractivity contribution in [2.24, 2.45) is 5.92 Å². The van der Waals surface area contributed by atoms with Crippen LogP contribution in [0.15, 0.2) is 24.3 Å². The van der Waals surface area contributed by atoms with Crippen molar-refractivity contribution >= 4 is 5.69 Å². The second-order valence-corrected chi connectivity index (χ2v) is 5.96. The van der Waals surface area contributed by atoms with E-state index in [0.717, 1.165) is 19.6 Å². The number of nitrogens with zero attached hydrogens (tertiary/aromatic N) is 1. The molecule has 0 saturated carbocycles. The average Bonchev–Trinajstić information content (AvgIpc) is 2.39. The van der Waals surface area contributed by atoms with Gasteiger partial charge in [0.2, 0.25) is 0 Å². The third kappa shape index (κ3) is 2.86. The smallest absolute Gasteiger partial charge is 0.0438 e. The molecule has 0 bridgehead atoms. The maximum absolute atomic E-state index is 3.51. The molecule has 2 rings (SSSR count). The molecule has 100 valence electrons. The van der Waals surface area contributed by atoms with Gasteiger partial charge in [-0.1, -0.05) is 39.8 Å². The van der Waals surface area contributed by atoms with Crippen LogP contribution in [0.2, 0.25) is 0 Å². The molecule has 1 aliphatic heterocycles. The predicted molar refractivity (Wildman–Crippen MR) is 79.4 cm³/mol. The fourth-order valence-electron chi connectivity index (χ4n) is 2.70. The summed E-state index contributed by atoms with van der Waals surface area (Å²) in [6, 6.07) is 9.67. The summed E-state index contributed by atoms with van der Waals surface area (Å²) >= 11 is 0. The van der Waals surface area contributed by atoms with Gasteiger partial charge in [-0.05, 0) is 29.5 Å². The van der Waals surface area contributed by atoms with Crippen LogP contribution < -0.4 is 10.2 Å². The fraction of sp³-hybridized carbons (Fsp3) is 0.625. The molecule has 0 aliphatic carbocycles. The van der Waals surface area contributed by atoms with Gasteiger partial charge in [-0.3, -0.25) is 0 Å². The lowest BCUT2D eigenvalue weighted by Gasteiger charge is -2.40. The highest BCUT2D eigenvalue weighted by atomic mass is 15.2. The van der Waals surface area contributed by atoms with Gasteiger partial charge in [-0.2, -0.15) is 0 Å². The monoisotopic (exact) mass is 246 g/mol. The summed E-state index contributed by atoms with van der Waals surface area (Å²) in [6.45, 7) is 12.5. The highest BCUT2D eigenvalue weighted by molar-refractivity contribution is 5.51. The molecule has 1 N–H and O–H groups in total. The molecule has 1 aromatic carbocycles. The van der Waals surface area contributed by atoms with Gasteiger partial charge in [-0.25, -0.2) is 0 Å². The summed E-state index contributed by atoms with van der Waals surface area (Å²) in [6.07, 6.45) is 0. The number of hydrogen-bond acceptors (Lipinski definition) is 2. The molecular weight excluding hydrogens is 220 g/mol. The Balaban J connectivity index is 2.25. The first kappa shape index (κ1) is 13.4. The van der Waals surface area contributed by atoms with Crippen LogP contribution in [-0.4, -0.2) is 25.7 Å². The minimum atomic E-state index is 0.602. The summed E-state index contributed by atoms with van der Waals surface area (Å²) in [4.78, 5) is 2.58. The lowest BCUT2D eigenvalue weighted by Crippen LogP contribution is -2.53. The van der Waals surface area contributed by atoms with Crippen molar-refractivity contribution in [2.45, 2.75) is 39.7 Å². The Morgan fingerprint density at radius 1 is 1.22 bits per heavy atom. The third-order valence-electron chi connectivity index (χ3n) is 3.92. The summed E-state index contributed by atoms with van der Waals surface area (Å²) < 4.78 is 0. The molecule has 18 heavy (non-hydrogen) atoms. The maximum atomic E-state index is 3.51. The van der Waals surface area contributed by atoms with E-state index in [1.807, 2.05) is 0 Å². The highest BCUT2D eigenvalue weighted by Gasteiger charge is 2.25. The zero-order valence-electron chi connectivity index (χ0n) is 12.1. The predicted octanol–water partition coefficient (Wildman–Crippen LogP) is 3.24. The van der Waals surface area contributed by atoms with Gasteiger partial charge in [0.05, 0.1) is 0 Å². The van der Waals surface area contributed by atoms with Crippen LogP contribution in [-0.2, 0) is 0 Å². The van der Waals surface area contributed by atoms with Gasteiger partial charge < -0.3 is 10.2 Å². The normalized spacial score (nSPS) is 20.8. The third-order valence-corrected chi connectivity index (χ3v) is 3.92. The van der Waals surface area contributed by atoms with E-state index in [0.29, 0.717) is 17.9 Å². The van der Waals surface area contributed by atoms with Crippen molar-refractivity contribution in [2.75, 3.05) is 24.5 Å². The quantitative estimate of drug-likeness (QED) is 0.881. The Morgan fingerprint density at radius 2 is 2.00 bits per heavy atom. The lowest BCUT2D eigenvalue weighted by molar-refractivity contribution is 0.390. The van der Waals surface area contributed by atoms with Crippen molar-refractivity contribution in [1.82, 2.24) is 5.32 Å². The van der Waals surface area contributed by atoms with Crippen LogP contribution in [0.5, 0.6) is 0 Å². The first-order chi connectivity index (χ1) is 8.59. The van der Waals surface area contributed by atoms with Gasteiger partial charge in [0.25, 0.3) is 0 Å². The highest BCUT2D eigenvalue weighted by Crippen LogP contribution is 2.25. The minimum absolute atomic E-state index is 0.602. The zero-order valence-corrected chi connectivity index (χ0v) is 12.1. The molecule has 1 fully saturated rings. The van der Waals surface area contributed by atoms with Crippen molar-refractivity contribution in [3.8, 4) is 0 Å². The van der Waals surface area contributed by atoms with Crippen LogP contribution in [0.1, 0.15) is 39.2 Å². The SMILES string of the molecule is CC(C)c1cccc(N2CCNCC2C(C)C)c1. The second-order valence-electron chi connectivity index (χ2n) is 5.96. The summed E-state index contributed by atoms with van der Waals surface area (Å²) in [5.41, 5.74) is 2.83. The molecule has 0 aromatic heterocycles. The van der Waals surface area contributed by atoms with Gasteiger partial charge >= 0.3 is 0 Å². The van der Waals surface area contributed by atoms with Crippen LogP contribution >= 0.6 is 0 Å². The first-order valence-electron chi connectivity index (χ1n) is 7.17. The Morgan fingerprint density at radius 3 is 2.67 bits per heavy atom. The number of rotatable bonds is 3. The van der Waals surface area contributed by atoms with Crippen LogP contribution in [0.4, 0.5) is 5.69 Å². The lowest BCUT2D eigenvalue weighted by atomic mass is 9.98. The Kier molecular flexibility index (Phi) is 4.28. The van der Waals surface area contributed by atoms with E-state index in [1.165, 1.54) is 11.3 Å². The minimum Gasteiger partial charge on any atom is -0.366 e. The number of benzene rings is 1. The Labute approximate surface area is 111 Å². The second kappa shape index (κ2) is 5.75. The molecule has 2 nitrogen and oxygen atoms in total. The summed E-state index contributed by atoms with van der Waals surface area (Å²) in [7, 11) is 0. The van der Waals surface area contributed by atoms with Crippen LogP contribution in [0.25, 0.3) is 0 Å². The molecule has 1 unspecified atom stereocenters. The van der Waals surface area contributed by atoms with Gasteiger partial charge in [0.15, 0.2) is 0 Å². The summed E-state index contributed by atoms with van der Waals surface area (Å²) in [5, 5.41) is 3.51. The van der Waals surface area contributed by atoms with E-state index in [9.17, 15) is 0 Å². The van der Waals surface area contributed by atoms with E-state index in [-0.39, 0.29) is 0 Å². The topological polar surface area (TPSA) is 15.3 Å². The standard InChI is InChI=1S/C16H26N2/c1-12(2)14-6-5-7-15(10-14)18-9-8-17-11-16(18)13(3)4/h5-7,10,12-13,16-17H,8-9,11H2,1-4H3. The Hall–Kier alpha value is -1.02. The molecule has 0 spiro atoms. The van der Waals surface area contributed by atoms with Crippen molar-refractivity contribution < 1.29 is 0 Å². The maximum Gasteiger partial charge on any atom is 0.0438 e. The molecule has 0 amide bonds. The van der Waals surface area contributed by atoms with E-state index in [4.69, 9.17) is 0 Å². The number of anilines is 1. The number of nitrogens with one attached hydrogen (secondary N) is 1. The van der Waals surface area contributed by atoms with E-state index < -0.39 is 0 Å². The van der Waals surface area contributed by atoms with Crippen molar-refractivity contribution in [3.05, 3.63) is 29.8 Å². The molecule has 0 radical (unpaired) electrons. The zero-order chi connectivity index (χ0) is 13.1. The molecule has 1 aliphatic rings. The van der Waals surface area contributed by atoms with Gasteiger partial charge in [0.1, 0.15) is 0 Å². The number of piperazine rings is 1. The van der Waals surface area contributed by atoms with Gasteiger partial charge in [0, 0.05) is 31.4 Å². The number of hydrogen-bond donors (Lipinski definition) is 1. The van der Waals surface area contributed by atoms with Crippen LogP contribution in [0, 0.1) is 5.92 Å². The largest absolute Gasteiger partial charge is 0.366 e. The van der Waals surface area contributed by atoms with E-state index in [1.54, 1.807) is 0 Å². The molecule has 2 heteroatoms. The Bertz CT molecular complexity index is 384. The van der Waals surface area contributed by atoms with E-state index in [2.05, 4.69) is 62.2 Å². The molecular formula is C16H26N2. The van der Waals surface area contributed by atoms with Crippen molar-refractivity contribution in [1.29, 1.82) is 0 Å². The van der Waals surface area contributed by atoms with E-state index >= 15 is 0 Å². The molecule has 1 aromatic rings. The van der Waals surface area contributed by atoms with Crippen molar-refractivity contribution in [3.63, 3.8) is 0 Å². The van der Waals surface area contributed by atoms with Gasteiger partial charge in [-0.15, -0.1) is 0 Å². The molecule has 1 saturated heterocycles. The average molecular weight is 246 g/mol. The first-order valence-corrected chi connectivity index (χ1v) is 7.17. The summed E-state index contributed by atoms with van der Waals surface area (Å²) in [5.74, 6) is 1.28. The molecule has 1 heterocycles. The van der Waals surface area contributed by atoms with Crippen LogP contribution in [0.3, 0.4) is 0 Å².